The van der Waals surface area contributed by atoms with Crippen LogP contribution in [0.15, 0.2) is 58.6 Å². The molecule has 1 heterocycles. The first kappa shape index (κ1) is 23.5. The van der Waals surface area contributed by atoms with E-state index in [2.05, 4.69) is 32.2 Å². The summed E-state index contributed by atoms with van der Waals surface area (Å²) >= 11 is 1.33. The van der Waals surface area contributed by atoms with E-state index in [-0.39, 0.29) is 16.6 Å². The van der Waals surface area contributed by atoms with Crippen LogP contribution in [-0.4, -0.2) is 53.2 Å². The molecule has 0 atom stereocenters. The highest BCUT2D eigenvalue weighted by Crippen LogP contribution is 2.40. The maximum Gasteiger partial charge on any atom is 0.242 e. The topological polar surface area (TPSA) is 97.2 Å². The Morgan fingerprint density at radius 2 is 1.88 bits per heavy atom. The van der Waals surface area contributed by atoms with Gasteiger partial charge in [0.05, 0.1) is 17.2 Å². The van der Waals surface area contributed by atoms with Gasteiger partial charge in [0.25, 0.3) is 0 Å². The van der Waals surface area contributed by atoms with E-state index in [1.165, 1.54) is 31.9 Å². The number of hydrogen-bond acceptors (Lipinski definition) is 6. The van der Waals surface area contributed by atoms with Crippen molar-refractivity contribution in [2.45, 2.75) is 42.3 Å². The van der Waals surface area contributed by atoms with Crippen LogP contribution >= 0.6 is 11.8 Å². The summed E-state index contributed by atoms with van der Waals surface area (Å²) in [4.78, 5) is 12.8. The summed E-state index contributed by atoms with van der Waals surface area (Å²) in [6.07, 6.45) is 2.23. The van der Waals surface area contributed by atoms with Gasteiger partial charge in [-0.15, -0.1) is 10.2 Å². The Labute approximate surface area is 198 Å². The van der Waals surface area contributed by atoms with Crippen molar-refractivity contribution in [1.82, 2.24) is 19.1 Å². The van der Waals surface area contributed by atoms with Gasteiger partial charge in [-0.05, 0) is 43.0 Å². The van der Waals surface area contributed by atoms with Crippen molar-refractivity contribution in [3.8, 4) is 0 Å². The molecule has 0 aliphatic heterocycles. The van der Waals surface area contributed by atoms with Crippen molar-refractivity contribution in [3.63, 3.8) is 0 Å². The fourth-order valence-electron chi connectivity index (χ4n) is 3.39. The summed E-state index contributed by atoms with van der Waals surface area (Å²) in [6, 6.07) is 14.9. The summed E-state index contributed by atoms with van der Waals surface area (Å²) in [5.74, 6) is 1.32. The highest BCUT2D eigenvalue weighted by atomic mass is 32.2. The summed E-state index contributed by atoms with van der Waals surface area (Å²) in [5, 5.41) is 12.3. The first-order chi connectivity index (χ1) is 15.8. The fourth-order valence-corrected chi connectivity index (χ4v) is 5.06. The van der Waals surface area contributed by atoms with E-state index in [1.54, 1.807) is 12.1 Å². The molecule has 0 radical (unpaired) electrons. The average Bonchev–Trinajstić information content (AvgIpc) is 3.56. The van der Waals surface area contributed by atoms with Gasteiger partial charge < -0.3 is 9.88 Å². The number of nitrogens with one attached hydrogen (secondary N) is 1. The van der Waals surface area contributed by atoms with Crippen molar-refractivity contribution in [2.24, 2.45) is 0 Å². The molecule has 0 unspecified atom stereocenters. The monoisotopic (exact) mass is 485 g/mol. The third-order valence-electron chi connectivity index (χ3n) is 5.47. The largest absolute Gasteiger partial charge is 0.325 e. The van der Waals surface area contributed by atoms with Crippen LogP contribution in [0.3, 0.4) is 0 Å². The van der Waals surface area contributed by atoms with Gasteiger partial charge in [-0.1, -0.05) is 48.2 Å². The second-order valence-corrected chi connectivity index (χ2v) is 11.4. The number of nitrogens with zero attached hydrogens (tertiary/aromatic N) is 4. The van der Waals surface area contributed by atoms with E-state index >= 15 is 0 Å². The van der Waals surface area contributed by atoms with Gasteiger partial charge in [-0.2, -0.15) is 0 Å². The molecule has 10 heteroatoms. The Kier molecular flexibility index (Phi) is 6.87. The Morgan fingerprint density at radius 3 is 2.55 bits per heavy atom. The molecule has 2 aromatic carbocycles. The molecule has 0 bridgehead atoms. The molecule has 0 saturated heterocycles. The van der Waals surface area contributed by atoms with Crippen molar-refractivity contribution in [3.05, 3.63) is 65.5 Å². The van der Waals surface area contributed by atoms with Crippen molar-refractivity contribution in [2.75, 3.05) is 25.2 Å². The van der Waals surface area contributed by atoms with E-state index in [0.29, 0.717) is 23.3 Å². The van der Waals surface area contributed by atoms with Crippen LogP contribution in [0.1, 0.15) is 35.7 Å². The van der Waals surface area contributed by atoms with E-state index in [0.717, 1.165) is 34.1 Å². The molecule has 174 valence electrons. The molecular weight excluding hydrogens is 458 g/mol. The van der Waals surface area contributed by atoms with Crippen molar-refractivity contribution >= 4 is 33.4 Å². The number of amides is 1. The minimum absolute atomic E-state index is 0.137. The number of carbonyl (C=O) groups is 1. The Hall–Kier alpha value is -2.69. The number of thioether (sulfide) groups is 1. The first-order valence-corrected chi connectivity index (χ1v) is 13.1. The molecule has 1 aliphatic rings. The SMILES string of the molecule is Cc1ccc(S(=O)(=O)N(C)C)cc1NC(=O)CSc1nnc(C2CC2)n1Cc1ccccc1. The molecule has 1 amide bonds. The minimum Gasteiger partial charge on any atom is -0.325 e. The van der Waals surface area contributed by atoms with Gasteiger partial charge in [-0.3, -0.25) is 4.79 Å². The number of sulfonamides is 1. The quantitative estimate of drug-likeness (QED) is 0.466. The molecule has 1 aromatic heterocycles. The van der Waals surface area contributed by atoms with E-state index < -0.39 is 10.0 Å². The molecular formula is C23H27N5O3S2. The highest BCUT2D eigenvalue weighted by Gasteiger charge is 2.30. The summed E-state index contributed by atoms with van der Waals surface area (Å²) in [6.45, 7) is 2.49. The number of anilines is 1. The van der Waals surface area contributed by atoms with Crippen LogP contribution < -0.4 is 5.32 Å². The summed E-state index contributed by atoms with van der Waals surface area (Å²) in [7, 11) is -0.631. The van der Waals surface area contributed by atoms with Crippen LogP contribution in [0.25, 0.3) is 0 Å². The zero-order chi connectivity index (χ0) is 23.6. The maximum atomic E-state index is 12.7. The van der Waals surface area contributed by atoms with Gasteiger partial charge in [0.1, 0.15) is 5.82 Å². The summed E-state index contributed by atoms with van der Waals surface area (Å²) < 4.78 is 28.1. The standard InChI is InChI=1S/C23H27N5O3S2/c1-16-9-12-19(33(30,31)27(2)3)13-20(16)24-21(29)15-32-23-26-25-22(18-10-11-18)28(23)14-17-7-5-4-6-8-17/h4-9,12-13,18H,10-11,14-15H2,1-3H3,(H,24,29). The number of rotatable bonds is 9. The minimum atomic E-state index is -3.59. The molecule has 3 aromatic rings. The van der Waals surface area contributed by atoms with Crippen LogP contribution in [0.2, 0.25) is 0 Å². The average molecular weight is 486 g/mol. The van der Waals surface area contributed by atoms with E-state index in [4.69, 9.17) is 0 Å². The van der Waals surface area contributed by atoms with Crippen LogP contribution in [0, 0.1) is 6.92 Å². The molecule has 8 nitrogen and oxygen atoms in total. The molecule has 1 fully saturated rings. The predicted molar refractivity (Wildman–Crippen MR) is 129 cm³/mol. The number of carbonyl (C=O) groups excluding carboxylic acids is 1. The molecule has 1 N–H and O–H groups in total. The number of hydrogen-bond donors (Lipinski definition) is 1. The smallest absolute Gasteiger partial charge is 0.242 e. The van der Waals surface area contributed by atoms with Gasteiger partial charge in [0.2, 0.25) is 15.9 Å². The van der Waals surface area contributed by atoms with Crippen LogP contribution in [-0.2, 0) is 21.4 Å². The van der Waals surface area contributed by atoms with Gasteiger partial charge in [-0.25, -0.2) is 12.7 Å². The lowest BCUT2D eigenvalue weighted by Gasteiger charge is -2.14. The highest BCUT2D eigenvalue weighted by molar-refractivity contribution is 7.99. The zero-order valence-electron chi connectivity index (χ0n) is 18.9. The lowest BCUT2D eigenvalue weighted by molar-refractivity contribution is -0.113. The third kappa shape index (κ3) is 5.45. The van der Waals surface area contributed by atoms with E-state index in [1.807, 2.05) is 25.1 Å². The molecule has 33 heavy (non-hydrogen) atoms. The Bertz CT molecular complexity index is 1250. The predicted octanol–water partition coefficient (Wildman–Crippen LogP) is 3.49. The Balaban J connectivity index is 1.47. The normalized spacial score (nSPS) is 13.9. The second kappa shape index (κ2) is 9.66. The van der Waals surface area contributed by atoms with Gasteiger partial charge in [0, 0.05) is 25.7 Å². The second-order valence-electron chi connectivity index (χ2n) is 8.29. The lowest BCUT2D eigenvalue weighted by atomic mass is 10.2. The zero-order valence-corrected chi connectivity index (χ0v) is 20.5. The molecule has 1 aliphatic carbocycles. The third-order valence-corrected chi connectivity index (χ3v) is 8.24. The maximum absolute atomic E-state index is 12.7. The fraction of sp³-hybridized carbons (Fsp3) is 0.348. The molecule has 0 spiro atoms. The van der Waals surface area contributed by atoms with Crippen LogP contribution in [0.4, 0.5) is 5.69 Å². The Morgan fingerprint density at radius 1 is 1.15 bits per heavy atom. The summed E-state index contributed by atoms with van der Waals surface area (Å²) in [5.41, 5.74) is 2.42. The first-order valence-electron chi connectivity index (χ1n) is 10.7. The van der Waals surface area contributed by atoms with Crippen molar-refractivity contribution in [1.29, 1.82) is 0 Å². The number of aryl methyl sites for hydroxylation is 1. The molecule has 4 rings (SSSR count). The lowest BCUT2D eigenvalue weighted by Crippen LogP contribution is -2.22. The molecule has 1 saturated carbocycles. The van der Waals surface area contributed by atoms with Gasteiger partial charge in [0.15, 0.2) is 5.16 Å². The van der Waals surface area contributed by atoms with E-state index in [9.17, 15) is 13.2 Å². The number of benzene rings is 2. The van der Waals surface area contributed by atoms with Gasteiger partial charge >= 0.3 is 0 Å². The van der Waals surface area contributed by atoms with Crippen molar-refractivity contribution < 1.29 is 13.2 Å². The number of aromatic nitrogens is 3. The van der Waals surface area contributed by atoms with Crippen LogP contribution in [0.5, 0.6) is 0 Å².